The lowest BCUT2D eigenvalue weighted by molar-refractivity contribution is -0.0418. The van der Waals surface area contributed by atoms with Crippen LogP contribution in [-0.4, -0.2) is 28.3 Å². The number of nitrogens with zero attached hydrogens (tertiary/aromatic N) is 3. The molecule has 0 aliphatic heterocycles. The molecular weight excluding hydrogens is 774 g/mol. The quantitative estimate of drug-likeness (QED) is 0.136. The van der Waals surface area contributed by atoms with Gasteiger partial charge >= 0.3 is 0 Å². The van der Waals surface area contributed by atoms with Crippen LogP contribution in [0.1, 0.15) is 43.2 Å². The van der Waals surface area contributed by atoms with Crippen LogP contribution in [0.2, 0.25) is 0 Å². The van der Waals surface area contributed by atoms with Gasteiger partial charge in [-0.1, -0.05) is 182 Å². The molecule has 1 heterocycles. The molecule has 4 saturated carbocycles. The summed E-state index contributed by atoms with van der Waals surface area (Å²) >= 11 is 0. The molecule has 304 valence electrons. The molecule has 4 bridgehead atoms. The van der Waals surface area contributed by atoms with Gasteiger partial charge in [-0.25, -0.2) is 15.0 Å². The van der Waals surface area contributed by atoms with Gasteiger partial charge in [0.1, 0.15) is 7.14 Å². The molecule has 7 aromatic carbocycles. The summed E-state index contributed by atoms with van der Waals surface area (Å²) in [5, 5.41) is 0.926. The van der Waals surface area contributed by atoms with E-state index in [2.05, 4.69) is 164 Å². The number of hydrogen-bond acceptors (Lipinski definition) is 4. The van der Waals surface area contributed by atoms with Crippen molar-refractivity contribution < 1.29 is 4.57 Å². The first kappa shape index (κ1) is 38.7. The van der Waals surface area contributed by atoms with Gasteiger partial charge in [0.25, 0.3) is 0 Å². The van der Waals surface area contributed by atoms with E-state index in [1.165, 1.54) is 71.0 Å². The molecular formula is C57H50N3OP. The largest absolute Gasteiger partial charge is 0.319 e. The molecule has 5 heteroatoms. The minimum atomic E-state index is -2.32. The molecule has 4 fully saturated rings. The third-order valence-electron chi connectivity index (χ3n) is 14.3. The Hall–Kier alpha value is -6.22. The van der Waals surface area contributed by atoms with Gasteiger partial charge in [0, 0.05) is 27.4 Å². The molecule has 0 atom stereocenters. The van der Waals surface area contributed by atoms with E-state index in [0.29, 0.717) is 29.3 Å². The average molecular weight is 824 g/mol. The van der Waals surface area contributed by atoms with Crippen LogP contribution < -0.4 is 5.30 Å². The lowest BCUT2D eigenvalue weighted by atomic mass is 9.42. The second-order valence-corrected chi connectivity index (χ2v) is 21.6. The van der Waals surface area contributed by atoms with E-state index in [1.54, 1.807) is 0 Å². The number of aromatic nitrogens is 3. The highest BCUT2D eigenvalue weighted by molar-refractivity contribution is 7.70. The minimum Gasteiger partial charge on any atom is -0.319 e. The van der Waals surface area contributed by atoms with Crippen LogP contribution in [0, 0.1) is 23.7 Å². The topological polar surface area (TPSA) is 55.7 Å². The summed E-state index contributed by atoms with van der Waals surface area (Å²) in [6, 6.07) is 65.1. The maximum absolute atomic E-state index is 12.8. The van der Waals surface area contributed by atoms with Crippen molar-refractivity contribution in [1.82, 2.24) is 15.0 Å². The van der Waals surface area contributed by atoms with E-state index in [9.17, 15) is 4.57 Å². The fraction of sp³-hybridized carbons (Fsp3) is 0.211. The van der Waals surface area contributed by atoms with Crippen molar-refractivity contribution in [1.29, 1.82) is 0 Å². The van der Waals surface area contributed by atoms with Crippen LogP contribution in [0.5, 0.6) is 0 Å². The van der Waals surface area contributed by atoms with Gasteiger partial charge in [-0.05, 0) is 114 Å². The Bertz CT molecular complexity index is 2890. The predicted molar refractivity (Wildman–Crippen MR) is 256 cm³/mol. The Labute approximate surface area is 365 Å². The van der Waals surface area contributed by atoms with Crippen LogP contribution >= 0.6 is 7.14 Å². The fourth-order valence-corrected chi connectivity index (χ4v) is 12.4. The van der Waals surface area contributed by atoms with Crippen molar-refractivity contribution in [3.63, 3.8) is 0 Å². The van der Waals surface area contributed by atoms with E-state index >= 15 is 0 Å². The lowest BCUT2D eigenvalue weighted by Gasteiger charge is -2.62. The molecule has 4 nitrogen and oxygen atoms in total. The number of rotatable bonds is 9. The summed E-state index contributed by atoms with van der Waals surface area (Å²) in [5.41, 5.74) is 12.8. The van der Waals surface area contributed by atoms with Crippen molar-refractivity contribution in [3.05, 3.63) is 193 Å². The zero-order valence-corrected chi connectivity index (χ0v) is 36.3. The van der Waals surface area contributed by atoms with Crippen LogP contribution in [0.4, 0.5) is 0 Å². The SMILES string of the molecule is CP(C)(=O)c1ccc(-c2cccc(C3(c4ccc(-c5nc(-c6ccccc6)nc(-c6ccc(-c7ccc(-c8ccccc8)cc7)cc6)n5)cc4)C4CC5CC(C4)CC3C5)c2)cc1. The van der Waals surface area contributed by atoms with Gasteiger partial charge in [-0.15, -0.1) is 0 Å². The molecule has 0 unspecified atom stereocenters. The molecule has 62 heavy (non-hydrogen) atoms. The highest BCUT2D eigenvalue weighted by Crippen LogP contribution is 2.65. The molecule has 0 radical (unpaired) electrons. The Morgan fingerprint density at radius 1 is 0.387 bits per heavy atom. The molecule has 12 rings (SSSR count). The number of hydrogen-bond donors (Lipinski definition) is 0. The standard InChI is InChI=1S/C57H50N3OP/c1-62(2,61)53-30-26-44(27-31-53)48-14-9-15-50(37-48)57(51-33-38-32-39(35-51)36-52(57)34-38)49-28-24-47(25-29-49)56-59-54(45-12-7-4-8-13-45)58-55(60-56)46-22-20-43(21-23-46)42-18-16-41(17-19-42)40-10-5-3-6-11-40/h3-31,37-39,51-52H,32-36H2,1-2H3. The molecule has 0 N–H and O–H groups in total. The second-order valence-electron chi connectivity index (χ2n) is 18.4. The smallest absolute Gasteiger partial charge is 0.164 e. The molecule has 4 aliphatic carbocycles. The van der Waals surface area contributed by atoms with Gasteiger partial charge in [0.2, 0.25) is 0 Å². The van der Waals surface area contributed by atoms with Crippen molar-refractivity contribution >= 4 is 12.4 Å². The van der Waals surface area contributed by atoms with Gasteiger partial charge in [0.05, 0.1) is 0 Å². The molecule has 0 amide bonds. The molecule has 0 spiro atoms. The Morgan fingerprint density at radius 2 is 0.758 bits per heavy atom. The van der Waals surface area contributed by atoms with Gasteiger partial charge in [-0.3, -0.25) is 0 Å². The predicted octanol–water partition coefficient (Wildman–Crippen LogP) is 13.9. The Kier molecular flexibility index (Phi) is 9.73. The van der Waals surface area contributed by atoms with Crippen LogP contribution in [0.3, 0.4) is 0 Å². The van der Waals surface area contributed by atoms with Crippen molar-refractivity contribution in [2.75, 3.05) is 13.3 Å². The molecule has 8 aromatic rings. The summed E-state index contributed by atoms with van der Waals surface area (Å²) in [6.07, 6.45) is 6.59. The van der Waals surface area contributed by atoms with E-state index in [0.717, 1.165) is 39.4 Å². The normalized spacial score (nSPS) is 21.5. The highest BCUT2D eigenvalue weighted by atomic mass is 31.2. The molecule has 4 aliphatic rings. The van der Waals surface area contributed by atoms with E-state index in [4.69, 9.17) is 15.0 Å². The highest BCUT2D eigenvalue weighted by Gasteiger charge is 2.58. The first-order valence-electron chi connectivity index (χ1n) is 22.2. The summed E-state index contributed by atoms with van der Waals surface area (Å²) in [5.74, 6) is 4.89. The summed E-state index contributed by atoms with van der Waals surface area (Å²) < 4.78 is 12.8. The second kappa shape index (κ2) is 15.6. The van der Waals surface area contributed by atoms with Gasteiger partial charge < -0.3 is 4.57 Å². The number of benzene rings is 7. The van der Waals surface area contributed by atoms with Crippen LogP contribution in [-0.2, 0) is 9.98 Å². The van der Waals surface area contributed by atoms with E-state index in [1.807, 2.05) is 31.5 Å². The zero-order chi connectivity index (χ0) is 41.8. The van der Waals surface area contributed by atoms with E-state index < -0.39 is 7.14 Å². The maximum atomic E-state index is 12.8. The lowest BCUT2D eigenvalue weighted by Crippen LogP contribution is -2.56. The Morgan fingerprint density at radius 3 is 1.24 bits per heavy atom. The zero-order valence-electron chi connectivity index (χ0n) is 35.4. The summed E-state index contributed by atoms with van der Waals surface area (Å²) in [6.45, 7) is 3.69. The minimum absolute atomic E-state index is 0.0620. The van der Waals surface area contributed by atoms with Gasteiger partial charge in [-0.2, -0.15) is 0 Å². The first-order valence-corrected chi connectivity index (χ1v) is 24.8. The summed E-state index contributed by atoms with van der Waals surface area (Å²) in [4.78, 5) is 15.3. The summed E-state index contributed by atoms with van der Waals surface area (Å²) in [7, 11) is -2.32. The fourth-order valence-electron chi connectivity index (χ4n) is 11.5. The third kappa shape index (κ3) is 7.05. The average Bonchev–Trinajstić information content (AvgIpc) is 3.32. The maximum Gasteiger partial charge on any atom is 0.164 e. The van der Waals surface area contributed by atoms with Crippen LogP contribution in [0.15, 0.2) is 182 Å². The first-order chi connectivity index (χ1) is 30.3. The van der Waals surface area contributed by atoms with Crippen molar-refractivity contribution in [2.24, 2.45) is 23.7 Å². The Balaban J connectivity index is 0.951. The van der Waals surface area contributed by atoms with Crippen molar-refractivity contribution in [2.45, 2.75) is 37.5 Å². The van der Waals surface area contributed by atoms with E-state index in [-0.39, 0.29) is 5.41 Å². The van der Waals surface area contributed by atoms with Crippen LogP contribution in [0.25, 0.3) is 67.5 Å². The third-order valence-corrected chi connectivity index (χ3v) is 15.9. The monoisotopic (exact) mass is 823 g/mol. The molecule has 1 aromatic heterocycles. The van der Waals surface area contributed by atoms with Crippen molar-refractivity contribution in [3.8, 4) is 67.5 Å². The molecule has 0 saturated heterocycles. The van der Waals surface area contributed by atoms with Gasteiger partial charge in [0.15, 0.2) is 17.5 Å².